The zero-order valence-corrected chi connectivity index (χ0v) is 10.4. The average Bonchev–Trinajstić information content (AvgIpc) is 3.14. The van der Waals surface area contributed by atoms with E-state index in [1.165, 1.54) is 0 Å². The second kappa shape index (κ2) is 5.24. The van der Waals surface area contributed by atoms with Crippen molar-refractivity contribution in [2.75, 3.05) is 0 Å². The number of H-pyrrole nitrogens is 1. The van der Waals surface area contributed by atoms with Crippen molar-refractivity contribution in [3.63, 3.8) is 0 Å². The lowest BCUT2D eigenvalue weighted by molar-refractivity contribution is 0.569. The largest absolute Gasteiger partial charge is 0.455 e. The van der Waals surface area contributed by atoms with Crippen molar-refractivity contribution in [1.29, 1.82) is 5.26 Å². The third-order valence-electron chi connectivity index (χ3n) is 2.75. The summed E-state index contributed by atoms with van der Waals surface area (Å²) in [6, 6.07) is 15.5. The first-order valence-corrected chi connectivity index (χ1v) is 6.01. The molecule has 1 N–H and O–H groups in total. The van der Waals surface area contributed by atoms with Gasteiger partial charge in [-0.3, -0.25) is 0 Å². The number of benzene rings is 1. The lowest BCUT2D eigenvalue weighted by Gasteiger charge is -1.91. The van der Waals surface area contributed by atoms with Crippen LogP contribution in [0.4, 0.5) is 0 Å². The van der Waals surface area contributed by atoms with E-state index in [0.29, 0.717) is 17.2 Å². The predicted molar refractivity (Wildman–Crippen MR) is 74.2 cm³/mol. The normalized spacial score (nSPS) is 10.8. The molecule has 0 atom stereocenters. The van der Waals surface area contributed by atoms with E-state index in [1.807, 2.05) is 54.6 Å². The van der Waals surface area contributed by atoms with Gasteiger partial charge < -0.3 is 4.42 Å². The molecule has 3 rings (SSSR count). The molecule has 5 heteroatoms. The molecule has 0 spiro atoms. The summed E-state index contributed by atoms with van der Waals surface area (Å²) in [6.07, 6.45) is 3.82. The van der Waals surface area contributed by atoms with Gasteiger partial charge in [-0.2, -0.15) is 15.6 Å². The highest BCUT2D eigenvalue weighted by Crippen LogP contribution is 2.23. The number of furan rings is 1. The second-order valence-electron chi connectivity index (χ2n) is 4.08. The monoisotopic (exact) mass is 262 g/mol. The first-order valence-electron chi connectivity index (χ1n) is 6.01. The van der Waals surface area contributed by atoms with Gasteiger partial charge in [-0.1, -0.05) is 36.4 Å². The second-order valence-corrected chi connectivity index (χ2v) is 4.08. The SMILES string of the molecule is N#Cc1n[nH]nc1-c1ccc(/C=C/c2ccccc2)o1. The standard InChI is InChI=1S/C15H10N4O/c16-10-13-15(18-19-17-13)14-9-8-12(20-14)7-6-11-4-2-1-3-5-11/h1-9H,(H,17,18,19)/b7-6+. The van der Waals surface area contributed by atoms with Crippen LogP contribution in [0.3, 0.4) is 0 Å². The van der Waals surface area contributed by atoms with Crippen LogP contribution in [0.5, 0.6) is 0 Å². The Morgan fingerprint density at radius 3 is 2.70 bits per heavy atom. The van der Waals surface area contributed by atoms with Crippen LogP contribution < -0.4 is 0 Å². The molecule has 3 aromatic rings. The van der Waals surface area contributed by atoms with Gasteiger partial charge in [0.1, 0.15) is 11.8 Å². The summed E-state index contributed by atoms with van der Waals surface area (Å²) in [5.74, 6) is 1.21. The molecule has 0 radical (unpaired) electrons. The quantitative estimate of drug-likeness (QED) is 0.786. The highest BCUT2D eigenvalue weighted by Gasteiger charge is 2.12. The van der Waals surface area contributed by atoms with Crippen LogP contribution >= 0.6 is 0 Å². The maximum absolute atomic E-state index is 8.90. The molecular formula is C15H10N4O. The Bertz CT molecular complexity index is 778. The first-order chi connectivity index (χ1) is 9.86. The lowest BCUT2D eigenvalue weighted by atomic mass is 10.2. The highest BCUT2D eigenvalue weighted by atomic mass is 16.3. The van der Waals surface area contributed by atoms with E-state index in [2.05, 4.69) is 15.4 Å². The van der Waals surface area contributed by atoms with Crippen molar-refractivity contribution in [3.05, 3.63) is 59.5 Å². The van der Waals surface area contributed by atoms with Crippen molar-refractivity contribution >= 4 is 12.2 Å². The van der Waals surface area contributed by atoms with Crippen molar-refractivity contribution in [1.82, 2.24) is 15.4 Å². The van der Waals surface area contributed by atoms with E-state index < -0.39 is 0 Å². The minimum Gasteiger partial charge on any atom is -0.455 e. The summed E-state index contributed by atoms with van der Waals surface area (Å²) in [6.45, 7) is 0. The van der Waals surface area contributed by atoms with Gasteiger partial charge in [0.2, 0.25) is 0 Å². The van der Waals surface area contributed by atoms with Gasteiger partial charge in [0.25, 0.3) is 0 Å². The van der Waals surface area contributed by atoms with E-state index in [0.717, 1.165) is 5.56 Å². The van der Waals surface area contributed by atoms with Crippen LogP contribution in [0.1, 0.15) is 17.0 Å². The third-order valence-corrected chi connectivity index (χ3v) is 2.75. The number of hydrogen-bond acceptors (Lipinski definition) is 4. The Hall–Kier alpha value is -3.13. The molecule has 0 bridgehead atoms. The average molecular weight is 262 g/mol. The molecule has 0 aliphatic heterocycles. The summed E-state index contributed by atoms with van der Waals surface area (Å²) in [4.78, 5) is 0. The molecule has 0 amide bonds. The Labute approximate surface area is 115 Å². The molecule has 2 heterocycles. The summed E-state index contributed by atoms with van der Waals surface area (Å²) >= 11 is 0. The number of nitrogens with one attached hydrogen (secondary N) is 1. The summed E-state index contributed by atoms with van der Waals surface area (Å²) in [7, 11) is 0. The lowest BCUT2D eigenvalue weighted by Crippen LogP contribution is -1.78. The molecule has 1 aromatic carbocycles. The molecule has 0 aliphatic rings. The molecule has 5 nitrogen and oxygen atoms in total. The van der Waals surface area contributed by atoms with E-state index in [1.54, 1.807) is 6.07 Å². The van der Waals surface area contributed by atoms with Gasteiger partial charge in [0, 0.05) is 0 Å². The molecule has 0 aliphatic carbocycles. The number of aromatic amines is 1. The predicted octanol–water partition coefficient (Wildman–Crippen LogP) is 3.11. The first kappa shape index (κ1) is 11.9. The molecule has 0 saturated carbocycles. The van der Waals surface area contributed by atoms with Gasteiger partial charge in [-0.15, -0.1) is 5.10 Å². The van der Waals surface area contributed by atoms with E-state index in [4.69, 9.17) is 9.68 Å². The van der Waals surface area contributed by atoms with Crippen LogP contribution in [0, 0.1) is 11.3 Å². The maximum Gasteiger partial charge on any atom is 0.193 e. The maximum atomic E-state index is 8.90. The number of hydrogen-bond donors (Lipinski definition) is 1. The highest BCUT2D eigenvalue weighted by molar-refractivity contribution is 5.69. The zero-order chi connectivity index (χ0) is 13.8. The minimum atomic E-state index is 0.220. The fraction of sp³-hybridized carbons (Fsp3) is 0. The molecule has 20 heavy (non-hydrogen) atoms. The summed E-state index contributed by atoms with van der Waals surface area (Å²) < 4.78 is 5.63. The van der Waals surface area contributed by atoms with Crippen molar-refractivity contribution in [2.45, 2.75) is 0 Å². The number of nitrogens with zero attached hydrogens (tertiary/aromatic N) is 3. The van der Waals surface area contributed by atoms with Gasteiger partial charge in [-0.05, 0) is 23.8 Å². The summed E-state index contributed by atoms with van der Waals surface area (Å²) in [5, 5.41) is 19.0. The van der Waals surface area contributed by atoms with Gasteiger partial charge >= 0.3 is 0 Å². The third kappa shape index (κ3) is 2.35. The Morgan fingerprint density at radius 1 is 1.05 bits per heavy atom. The minimum absolute atomic E-state index is 0.220. The molecule has 0 unspecified atom stereocenters. The van der Waals surface area contributed by atoms with Crippen molar-refractivity contribution < 1.29 is 4.42 Å². The van der Waals surface area contributed by atoms with Crippen LogP contribution in [0.25, 0.3) is 23.6 Å². The van der Waals surface area contributed by atoms with Crippen LogP contribution in [-0.4, -0.2) is 15.4 Å². The van der Waals surface area contributed by atoms with Crippen LogP contribution in [0.2, 0.25) is 0 Å². The van der Waals surface area contributed by atoms with E-state index >= 15 is 0 Å². The molecular weight excluding hydrogens is 252 g/mol. The molecule has 0 fully saturated rings. The number of aromatic nitrogens is 3. The van der Waals surface area contributed by atoms with E-state index in [9.17, 15) is 0 Å². The molecule has 2 aromatic heterocycles. The Morgan fingerprint density at radius 2 is 1.90 bits per heavy atom. The van der Waals surface area contributed by atoms with Gasteiger partial charge in [0.05, 0.1) is 0 Å². The van der Waals surface area contributed by atoms with Gasteiger partial charge in [-0.25, -0.2) is 0 Å². The topological polar surface area (TPSA) is 78.5 Å². The van der Waals surface area contributed by atoms with Gasteiger partial charge in [0.15, 0.2) is 17.1 Å². The van der Waals surface area contributed by atoms with E-state index in [-0.39, 0.29) is 5.69 Å². The molecule has 96 valence electrons. The number of nitriles is 1. The van der Waals surface area contributed by atoms with Crippen molar-refractivity contribution in [3.8, 4) is 17.5 Å². The Balaban J connectivity index is 1.85. The summed E-state index contributed by atoms with van der Waals surface area (Å²) in [5.41, 5.74) is 1.73. The Kier molecular flexibility index (Phi) is 3.13. The fourth-order valence-electron chi connectivity index (χ4n) is 1.79. The smallest absolute Gasteiger partial charge is 0.193 e. The van der Waals surface area contributed by atoms with Crippen molar-refractivity contribution in [2.24, 2.45) is 0 Å². The molecule has 0 saturated heterocycles. The zero-order valence-electron chi connectivity index (χ0n) is 10.4. The van der Waals surface area contributed by atoms with Crippen LogP contribution in [-0.2, 0) is 0 Å². The van der Waals surface area contributed by atoms with Crippen LogP contribution in [0.15, 0.2) is 46.9 Å². The fourth-order valence-corrected chi connectivity index (χ4v) is 1.79. The number of rotatable bonds is 3.